The lowest BCUT2D eigenvalue weighted by atomic mass is 10.2. The lowest BCUT2D eigenvalue weighted by molar-refractivity contribution is 0.203. The number of alkyl halides is 1. The van der Waals surface area contributed by atoms with Crippen molar-refractivity contribution in [3.05, 3.63) is 12.2 Å². The predicted octanol–water partition coefficient (Wildman–Crippen LogP) is 1.64. The van der Waals surface area contributed by atoms with Gasteiger partial charge in [-0.25, -0.2) is 0 Å². The number of allylic oxidation sites excluding steroid dienone is 1. The number of hydrogen-bond donors (Lipinski definition) is 0. The summed E-state index contributed by atoms with van der Waals surface area (Å²) in [5, 5.41) is 0.987. The highest BCUT2D eigenvalue weighted by Crippen LogP contribution is 2.04. The fourth-order valence-electron chi connectivity index (χ4n) is 0.851. The van der Waals surface area contributed by atoms with Gasteiger partial charge in [0.1, 0.15) is 0 Å². The molecule has 1 nitrogen and oxygen atoms in total. The molecule has 0 bridgehead atoms. The van der Waals surface area contributed by atoms with E-state index >= 15 is 0 Å². The Bertz CT molecular complexity index is 97.1. The molecule has 0 unspecified atom stereocenters. The van der Waals surface area contributed by atoms with Crippen molar-refractivity contribution >= 4 is 15.9 Å². The van der Waals surface area contributed by atoms with Crippen LogP contribution in [0.3, 0.4) is 0 Å². The smallest absolute Gasteiger partial charge is 0.0212 e. The summed E-state index contributed by atoms with van der Waals surface area (Å²) < 4.78 is 0. The minimum atomic E-state index is 0.987. The minimum absolute atomic E-state index is 0.987. The van der Waals surface area contributed by atoms with Gasteiger partial charge < -0.3 is 0 Å². The van der Waals surface area contributed by atoms with E-state index < -0.39 is 0 Å². The van der Waals surface area contributed by atoms with Crippen molar-refractivity contribution in [2.24, 2.45) is 0 Å². The first-order valence-electron chi connectivity index (χ1n) is 3.37. The molecule has 0 amide bonds. The molecule has 0 spiro atoms. The van der Waals surface area contributed by atoms with E-state index in [-0.39, 0.29) is 0 Å². The molecule has 0 saturated carbocycles. The van der Waals surface area contributed by atoms with Crippen molar-refractivity contribution in [1.82, 2.24) is 4.90 Å². The van der Waals surface area contributed by atoms with Gasteiger partial charge in [0.15, 0.2) is 0 Å². The summed E-state index contributed by atoms with van der Waals surface area (Å²) in [7, 11) is 0. The maximum atomic E-state index is 3.33. The molecule has 0 aromatic rings. The van der Waals surface area contributed by atoms with Crippen LogP contribution in [0.5, 0.6) is 0 Å². The van der Waals surface area contributed by atoms with E-state index in [1.54, 1.807) is 0 Å². The van der Waals surface area contributed by atoms with E-state index in [0.29, 0.717) is 0 Å². The highest BCUT2D eigenvalue weighted by atomic mass is 79.9. The van der Waals surface area contributed by atoms with Crippen LogP contribution in [0.1, 0.15) is 6.42 Å². The van der Waals surface area contributed by atoms with Gasteiger partial charge in [-0.05, 0) is 19.5 Å². The second-order valence-corrected chi connectivity index (χ2v) is 2.93. The normalized spacial score (nSPS) is 20.6. The molecule has 1 heterocycles. The molecule has 0 atom stereocenters. The molecule has 1 fully saturated rings. The Kier molecular flexibility index (Phi) is 3.30. The van der Waals surface area contributed by atoms with E-state index in [2.05, 4.69) is 33.0 Å². The van der Waals surface area contributed by atoms with Crippen LogP contribution in [0.15, 0.2) is 12.2 Å². The zero-order valence-electron chi connectivity index (χ0n) is 5.52. The molecular formula is C7H12BrN. The highest BCUT2D eigenvalue weighted by molar-refractivity contribution is 9.09. The Morgan fingerprint density at radius 1 is 1.33 bits per heavy atom. The molecule has 2 heteroatoms. The first-order chi connectivity index (χ1) is 4.43. The Morgan fingerprint density at radius 3 is 2.56 bits per heavy atom. The van der Waals surface area contributed by atoms with Crippen molar-refractivity contribution in [2.75, 3.05) is 25.0 Å². The second kappa shape index (κ2) is 4.07. The monoisotopic (exact) mass is 189 g/mol. The van der Waals surface area contributed by atoms with Crippen molar-refractivity contribution in [3.8, 4) is 0 Å². The van der Waals surface area contributed by atoms with Gasteiger partial charge in [-0.15, -0.1) is 0 Å². The SMILES string of the molecule is BrC/C=C/CN1CCC1. The Morgan fingerprint density at radius 2 is 2.11 bits per heavy atom. The second-order valence-electron chi connectivity index (χ2n) is 2.28. The molecule has 1 aliphatic rings. The molecule has 1 saturated heterocycles. The summed E-state index contributed by atoms with van der Waals surface area (Å²) in [5.41, 5.74) is 0. The van der Waals surface area contributed by atoms with Crippen LogP contribution in [-0.2, 0) is 0 Å². The van der Waals surface area contributed by atoms with Crippen LogP contribution in [-0.4, -0.2) is 29.9 Å². The van der Waals surface area contributed by atoms with Gasteiger partial charge in [0.2, 0.25) is 0 Å². The summed E-state index contributed by atoms with van der Waals surface area (Å²) in [6, 6.07) is 0. The standard InChI is InChI=1S/C7H12BrN/c8-4-1-2-5-9-6-3-7-9/h1-2H,3-7H2/b2-1+. The minimum Gasteiger partial charge on any atom is -0.300 e. The van der Waals surface area contributed by atoms with E-state index in [1.165, 1.54) is 19.5 Å². The Balaban J connectivity index is 1.97. The summed E-state index contributed by atoms with van der Waals surface area (Å²) in [4.78, 5) is 2.43. The summed E-state index contributed by atoms with van der Waals surface area (Å²) >= 11 is 3.33. The third kappa shape index (κ3) is 2.50. The Hall–Kier alpha value is 0.180. The van der Waals surface area contributed by atoms with Crippen LogP contribution in [0.25, 0.3) is 0 Å². The van der Waals surface area contributed by atoms with E-state index in [1.807, 2.05) is 0 Å². The molecule has 0 aromatic heterocycles. The first kappa shape index (κ1) is 7.29. The number of hydrogen-bond acceptors (Lipinski definition) is 1. The predicted molar refractivity (Wildman–Crippen MR) is 44.0 cm³/mol. The number of likely N-dealkylation sites (tertiary alicyclic amines) is 1. The van der Waals surface area contributed by atoms with E-state index in [9.17, 15) is 0 Å². The zero-order chi connectivity index (χ0) is 6.53. The van der Waals surface area contributed by atoms with Crippen molar-refractivity contribution < 1.29 is 0 Å². The Labute approximate surface area is 64.9 Å². The molecular weight excluding hydrogens is 178 g/mol. The van der Waals surface area contributed by atoms with Crippen molar-refractivity contribution in [3.63, 3.8) is 0 Å². The largest absolute Gasteiger partial charge is 0.300 e. The summed E-state index contributed by atoms with van der Waals surface area (Å²) in [5.74, 6) is 0. The molecule has 1 rings (SSSR count). The maximum absolute atomic E-state index is 3.33. The van der Waals surface area contributed by atoms with Gasteiger partial charge in [0.05, 0.1) is 0 Å². The zero-order valence-corrected chi connectivity index (χ0v) is 7.10. The van der Waals surface area contributed by atoms with Crippen LogP contribution in [0.2, 0.25) is 0 Å². The molecule has 1 aliphatic heterocycles. The number of rotatable bonds is 3. The average Bonchev–Trinajstić information content (AvgIpc) is 1.76. The molecule has 0 aromatic carbocycles. The summed E-state index contributed by atoms with van der Waals surface area (Å²) in [6.07, 6.45) is 5.76. The van der Waals surface area contributed by atoms with Crippen LogP contribution >= 0.6 is 15.9 Å². The van der Waals surface area contributed by atoms with Gasteiger partial charge in [0.25, 0.3) is 0 Å². The van der Waals surface area contributed by atoms with E-state index in [4.69, 9.17) is 0 Å². The molecule has 9 heavy (non-hydrogen) atoms. The average molecular weight is 190 g/mol. The number of nitrogens with zero attached hydrogens (tertiary/aromatic N) is 1. The van der Waals surface area contributed by atoms with Crippen LogP contribution < -0.4 is 0 Å². The highest BCUT2D eigenvalue weighted by Gasteiger charge is 2.10. The molecule has 0 N–H and O–H groups in total. The van der Waals surface area contributed by atoms with Gasteiger partial charge in [-0.1, -0.05) is 28.1 Å². The van der Waals surface area contributed by atoms with Gasteiger partial charge in [0, 0.05) is 11.9 Å². The van der Waals surface area contributed by atoms with Gasteiger partial charge in [-0.3, -0.25) is 4.90 Å². The van der Waals surface area contributed by atoms with E-state index in [0.717, 1.165) is 11.9 Å². The fraction of sp³-hybridized carbons (Fsp3) is 0.714. The maximum Gasteiger partial charge on any atom is 0.0212 e. The third-order valence-corrected chi connectivity index (χ3v) is 1.94. The fourth-order valence-corrected chi connectivity index (χ4v) is 1.12. The summed E-state index contributed by atoms with van der Waals surface area (Å²) in [6.45, 7) is 3.74. The van der Waals surface area contributed by atoms with Crippen molar-refractivity contribution in [2.45, 2.75) is 6.42 Å². The quantitative estimate of drug-likeness (QED) is 0.483. The first-order valence-corrected chi connectivity index (χ1v) is 4.49. The van der Waals surface area contributed by atoms with Crippen LogP contribution in [0.4, 0.5) is 0 Å². The molecule has 52 valence electrons. The van der Waals surface area contributed by atoms with Gasteiger partial charge >= 0.3 is 0 Å². The lowest BCUT2D eigenvalue weighted by Crippen LogP contribution is -2.36. The third-order valence-electron chi connectivity index (χ3n) is 1.57. The number of halogens is 1. The molecule has 0 aliphatic carbocycles. The van der Waals surface area contributed by atoms with Gasteiger partial charge in [-0.2, -0.15) is 0 Å². The topological polar surface area (TPSA) is 3.24 Å². The molecule has 0 radical (unpaired) electrons. The van der Waals surface area contributed by atoms with Crippen LogP contribution in [0, 0.1) is 0 Å². The lowest BCUT2D eigenvalue weighted by Gasteiger charge is -2.29. The van der Waals surface area contributed by atoms with Crippen molar-refractivity contribution in [1.29, 1.82) is 0 Å².